The topological polar surface area (TPSA) is 63.1 Å². The highest BCUT2D eigenvalue weighted by molar-refractivity contribution is 6.31. The van der Waals surface area contributed by atoms with Crippen LogP contribution in [0.3, 0.4) is 0 Å². The lowest BCUT2D eigenvalue weighted by atomic mass is 10.0. The third kappa shape index (κ3) is 2.53. The first-order valence-corrected chi connectivity index (χ1v) is 7.26. The molecule has 0 saturated heterocycles. The van der Waals surface area contributed by atoms with Crippen LogP contribution >= 0.6 is 11.6 Å². The Morgan fingerprint density at radius 1 is 1.14 bits per heavy atom. The standard InChI is InChI=1S/C17H13ClN2O2/c1-2-10-3-5-11(6-4-10)16-15(17(21)22)13-9-12(18)7-8-14(13)19-20-16/h3-9H,2H2,1H3,(H,21,22). The summed E-state index contributed by atoms with van der Waals surface area (Å²) in [5, 5.41) is 18.8. The Balaban J connectivity index is 2.28. The van der Waals surface area contributed by atoms with Gasteiger partial charge in [-0.05, 0) is 30.2 Å². The maximum atomic E-state index is 11.7. The van der Waals surface area contributed by atoms with Crippen LogP contribution < -0.4 is 0 Å². The van der Waals surface area contributed by atoms with Gasteiger partial charge in [0.25, 0.3) is 0 Å². The van der Waals surface area contributed by atoms with E-state index < -0.39 is 5.97 Å². The van der Waals surface area contributed by atoms with Gasteiger partial charge in [-0.2, -0.15) is 0 Å². The van der Waals surface area contributed by atoms with E-state index in [-0.39, 0.29) is 5.56 Å². The highest BCUT2D eigenvalue weighted by Gasteiger charge is 2.18. The zero-order chi connectivity index (χ0) is 15.7. The summed E-state index contributed by atoms with van der Waals surface area (Å²) in [4.78, 5) is 11.7. The van der Waals surface area contributed by atoms with E-state index in [1.807, 2.05) is 24.3 Å². The molecule has 110 valence electrons. The quantitative estimate of drug-likeness (QED) is 0.787. The predicted molar refractivity (Wildman–Crippen MR) is 86.3 cm³/mol. The van der Waals surface area contributed by atoms with Gasteiger partial charge in [0.2, 0.25) is 0 Å². The van der Waals surface area contributed by atoms with Crippen molar-refractivity contribution < 1.29 is 9.90 Å². The van der Waals surface area contributed by atoms with Crippen molar-refractivity contribution in [2.45, 2.75) is 13.3 Å². The van der Waals surface area contributed by atoms with E-state index in [0.717, 1.165) is 12.0 Å². The van der Waals surface area contributed by atoms with Gasteiger partial charge in [-0.25, -0.2) is 4.79 Å². The van der Waals surface area contributed by atoms with Crippen molar-refractivity contribution in [3.8, 4) is 11.3 Å². The highest BCUT2D eigenvalue weighted by Crippen LogP contribution is 2.29. The number of aromatic carboxylic acids is 1. The van der Waals surface area contributed by atoms with E-state index in [4.69, 9.17) is 11.6 Å². The largest absolute Gasteiger partial charge is 0.478 e. The number of fused-ring (bicyclic) bond motifs is 1. The minimum Gasteiger partial charge on any atom is -0.478 e. The fourth-order valence-corrected chi connectivity index (χ4v) is 2.57. The van der Waals surface area contributed by atoms with E-state index >= 15 is 0 Å². The van der Waals surface area contributed by atoms with Gasteiger partial charge in [0.15, 0.2) is 0 Å². The van der Waals surface area contributed by atoms with Crippen LogP contribution in [0.25, 0.3) is 22.2 Å². The normalized spacial score (nSPS) is 10.8. The number of carboxylic acid groups (broad SMARTS) is 1. The molecule has 3 rings (SSSR count). The second-order valence-corrected chi connectivity index (χ2v) is 5.38. The first-order valence-electron chi connectivity index (χ1n) is 6.88. The lowest BCUT2D eigenvalue weighted by Crippen LogP contribution is -2.05. The molecular weight excluding hydrogens is 300 g/mol. The summed E-state index contributed by atoms with van der Waals surface area (Å²) in [6.45, 7) is 2.06. The maximum Gasteiger partial charge on any atom is 0.338 e. The van der Waals surface area contributed by atoms with Crippen molar-refractivity contribution in [3.63, 3.8) is 0 Å². The molecule has 0 bridgehead atoms. The van der Waals surface area contributed by atoms with Crippen molar-refractivity contribution in [3.05, 3.63) is 58.6 Å². The van der Waals surface area contributed by atoms with Crippen molar-refractivity contribution in [2.24, 2.45) is 0 Å². The number of aromatic nitrogens is 2. The molecule has 0 aliphatic carbocycles. The zero-order valence-corrected chi connectivity index (χ0v) is 12.6. The number of carbonyl (C=O) groups is 1. The number of hydrogen-bond acceptors (Lipinski definition) is 3. The Labute approximate surface area is 132 Å². The number of hydrogen-bond donors (Lipinski definition) is 1. The summed E-state index contributed by atoms with van der Waals surface area (Å²) in [5.74, 6) is -1.04. The molecule has 0 unspecified atom stereocenters. The van der Waals surface area contributed by atoms with Gasteiger partial charge in [0.1, 0.15) is 5.69 Å². The number of rotatable bonds is 3. The molecule has 1 N–H and O–H groups in total. The second-order valence-electron chi connectivity index (χ2n) is 4.94. The zero-order valence-electron chi connectivity index (χ0n) is 11.9. The van der Waals surface area contributed by atoms with Gasteiger partial charge in [-0.1, -0.05) is 42.8 Å². The molecule has 0 aliphatic rings. The Kier molecular flexibility index (Phi) is 3.77. The average molecular weight is 313 g/mol. The van der Waals surface area contributed by atoms with Gasteiger partial charge in [-0.15, -0.1) is 10.2 Å². The van der Waals surface area contributed by atoms with Crippen LogP contribution in [-0.2, 0) is 6.42 Å². The van der Waals surface area contributed by atoms with E-state index in [1.54, 1.807) is 18.2 Å². The van der Waals surface area contributed by atoms with E-state index in [2.05, 4.69) is 17.1 Å². The first-order chi connectivity index (χ1) is 10.6. The Hall–Kier alpha value is -2.46. The molecule has 3 aromatic rings. The molecule has 1 heterocycles. The number of aryl methyl sites for hydroxylation is 1. The Morgan fingerprint density at radius 2 is 1.86 bits per heavy atom. The summed E-state index contributed by atoms with van der Waals surface area (Å²) in [6.07, 6.45) is 0.922. The van der Waals surface area contributed by atoms with Gasteiger partial charge < -0.3 is 5.11 Å². The summed E-state index contributed by atoms with van der Waals surface area (Å²) in [7, 11) is 0. The van der Waals surface area contributed by atoms with Crippen LogP contribution in [0.2, 0.25) is 5.02 Å². The smallest absolute Gasteiger partial charge is 0.338 e. The molecular formula is C17H13ClN2O2. The summed E-state index contributed by atoms with van der Waals surface area (Å²) in [5.41, 5.74) is 2.89. The first kappa shape index (κ1) is 14.5. The molecule has 0 spiro atoms. The summed E-state index contributed by atoms with van der Waals surface area (Å²) >= 11 is 5.99. The molecule has 0 aliphatic heterocycles. The van der Waals surface area contributed by atoms with Crippen LogP contribution in [-0.4, -0.2) is 21.3 Å². The minimum atomic E-state index is -1.04. The van der Waals surface area contributed by atoms with Crippen LogP contribution in [0.15, 0.2) is 42.5 Å². The lowest BCUT2D eigenvalue weighted by Gasteiger charge is -2.09. The molecule has 0 atom stereocenters. The molecule has 1 aromatic heterocycles. The third-order valence-corrected chi connectivity index (χ3v) is 3.81. The molecule has 2 aromatic carbocycles. The van der Waals surface area contributed by atoms with Crippen LogP contribution in [0, 0.1) is 0 Å². The Bertz CT molecular complexity index is 860. The fraction of sp³-hybridized carbons (Fsp3) is 0.118. The van der Waals surface area contributed by atoms with Gasteiger partial charge in [0, 0.05) is 16.0 Å². The molecule has 0 radical (unpaired) electrons. The molecule has 22 heavy (non-hydrogen) atoms. The van der Waals surface area contributed by atoms with E-state index in [0.29, 0.717) is 21.6 Å². The van der Waals surface area contributed by atoms with Gasteiger partial charge in [0.05, 0.1) is 11.1 Å². The average Bonchev–Trinajstić information content (AvgIpc) is 2.53. The molecule has 4 nitrogen and oxygen atoms in total. The lowest BCUT2D eigenvalue weighted by molar-refractivity contribution is 0.0699. The number of benzene rings is 2. The highest BCUT2D eigenvalue weighted by atomic mass is 35.5. The van der Waals surface area contributed by atoms with Crippen molar-refractivity contribution in [1.82, 2.24) is 10.2 Å². The summed E-state index contributed by atoms with van der Waals surface area (Å²) < 4.78 is 0. The summed E-state index contributed by atoms with van der Waals surface area (Å²) in [6, 6.07) is 12.6. The molecule has 0 saturated carbocycles. The van der Waals surface area contributed by atoms with Crippen molar-refractivity contribution >= 4 is 28.5 Å². The van der Waals surface area contributed by atoms with Crippen molar-refractivity contribution in [1.29, 1.82) is 0 Å². The van der Waals surface area contributed by atoms with Crippen molar-refractivity contribution in [2.75, 3.05) is 0 Å². The predicted octanol–water partition coefficient (Wildman–Crippen LogP) is 4.21. The van der Waals surface area contributed by atoms with Crippen LogP contribution in [0.5, 0.6) is 0 Å². The van der Waals surface area contributed by atoms with Crippen LogP contribution in [0.4, 0.5) is 0 Å². The van der Waals surface area contributed by atoms with E-state index in [1.165, 1.54) is 5.56 Å². The molecule has 0 fully saturated rings. The van der Waals surface area contributed by atoms with Crippen LogP contribution in [0.1, 0.15) is 22.8 Å². The van der Waals surface area contributed by atoms with Gasteiger partial charge >= 0.3 is 5.97 Å². The minimum absolute atomic E-state index is 0.122. The fourth-order valence-electron chi connectivity index (χ4n) is 2.39. The second kappa shape index (κ2) is 5.73. The molecule has 0 amide bonds. The number of carboxylic acids is 1. The number of nitrogens with zero attached hydrogens (tertiary/aromatic N) is 2. The monoisotopic (exact) mass is 312 g/mol. The maximum absolute atomic E-state index is 11.7. The SMILES string of the molecule is CCc1ccc(-c2nnc3ccc(Cl)cc3c2C(=O)O)cc1. The number of halogens is 1. The third-order valence-electron chi connectivity index (χ3n) is 3.57. The van der Waals surface area contributed by atoms with E-state index in [9.17, 15) is 9.90 Å². The van der Waals surface area contributed by atoms with Gasteiger partial charge in [-0.3, -0.25) is 0 Å². The molecule has 5 heteroatoms. The Morgan fingerprint density at radius 3 is 2.50 bits per heavy atom.